The number of Topliss-reactive ketones (excluding diaryl/α,β-unsaturated/α-hetero) is 1. The van der Waals surface area contributed by atoms with Crippen LogP contribution in [0.1, 0.15) is 44.0 Å². The maximum Gasteiger partial charge on any atom is 0.391 e. The minimum atomic E-state index is -4.26. The van der Waals surface area contributed by atoms with Crippen molar-refractivity contribution in [3.05, 3.63) is 27.8 Å². The highest BCUT2D eigenvalue weighted by Crippen LogP contribution is 2.39. The van der Waals surface area contributed by atoms with Gasteiger partial charge in [0.1, 0.15) is 5.69 Å². The van der Waals surface area contributed by atoms with E-state index in [4.69, 9.17) is 0 Å². The number of ketones is 1. The average molecular weight is 403 g/mol. The molecule has 0 amide bonds. The average Bonchev–Trinajstić information content (AvgIpc) is 2.57. The number of piperidine rings is 1. The van der Waals surface area contributed by atoms with Gasteiger partial charge in [-0.1, -0.05) is 0 Å². The van der Waals surface area contributed by atoms with Crippen molar-refractivity contribution in [1.29, 1.82) is 0 Å². The third kappa shape index (κ3) is 5.34. The second-order valence-corrected chi connectivity index (χ2v) is 7.67. The maximum atomic E-state index is 12.9. The second-order valence-electron chi connectivity index (χ2n) is 7.67. The molecule has 2 rings (SSSR count). The Balaban J connectivity index is 2.39. The summed E-state index contributed by atoms with van der Waals surface area (Å²) in [5, 5.41) is 24.1. The Hall–Kier alpha value is -2.36. The Kier molecular flexibility index (Phi) is 6.22. The van der Waals surface area contributed by atoms with Crippen LogP contribution in [0.25, 0.3) is 0 Å². The molecule has 0 atom stereocenters. The van der Waals surface area contributed by atoms with E-state index in [1.807, 2.05) is 0 Å². The third-order valence-electron chi connectivity index (χ3n) is 4.70. The summed E-state index contributed by atoms with van der Waals surface area (Å²) in [6.07, 6.45) is -4.47. The zero-order chi connectivity index (χ0) is 21.3. The van der Waals surface area contributed by atoms with Crippen LogP contribution in [0.4, 0.5) is 30.2 Å². The lowest BCUT2D eigenvalue weighted by Crippen LogP contribution is -2.39. The Bertz CT molecular complexity index is 752. The van der Waals surface area contributed by atoms with Gasteiger partial charge in [0.05, 0.1) is 22.1 Å². The quantitative estimate of drug-likeness (QED) is 0.427. The van der Waals surface area contributed by atoms with Crippen molar-refractivity contribution < 1.29 is 28.0 Å². The molecule has 0 unspecified atom stereocenters. The van der Waals surface area contributed by atoms with Crippen LogP contribution < -0.4 is 10.2 Å². The molecular formula is C18H24F3N3O4. The van der Waals surface area contributed by atoms with Gasteiger partial charge in [0.15, 0.2) is 5.78 Å². The Morgan fingerprint density at radius 1 is 1.32 bits per heavy atom. The fourth-order valence-corrected chi connectivity index (χ4v) is 3.17. The number of nitro benzene ring substituents is 1. The summed E-state index contributed by atoms with van der Waals surface area (Å²) in [6, 6.07) is 2.55. The van der Waals surface area contributed by atoms with E-state index in [0.29, 0.717) is 5.69 Å². The van der Waals surface area contributed by atoms with Gasteiger partial charge in [-0.2, -0.15) is 13.2 Å². The van der Waals surface area contributed by atoms with E-state index < -0.39 is 28.4 Å². The zero-order valence-corrected chi connectivity index (χ0v) is 16.0. The lowest BCUT2D eigenvalue weighted by molar-refractivity contribution is -0.384. The van der Waals surface area contributed by atoms with Gasteiger partial charge < -0.3 is 15.3 Å². The minimum Gasteiger partial charge on any atom is -0.389 e. The van der Waals surface area contributed by atoms with Gasteiger partial charge in [0.25, 0.3) is 5.69 Å². The molecular weight excluding hydrogens is 379 g/mol. The molecule has 0 aromatic heterocycles. The SMILES string of the molecule is CC(=O)c1cc([N+](=O)[O-])c(NCC(C)(C)O)cc1N1CCC(C(F)(F)F)CC1. The van der Waals surface area contributed by atoms with Crippen molar-refractivity contribution in [1.82, 2.24) is 0 Å². The molecule has 1 heterocycles. The molecule has 0 bridgehead atoms. The van der Waals surface area contributed by atoms with Crippen molar-refractivity contribution in [3.8, 4) is 0 Å². The molecule has 1 fully saturated rings. The Morgan fingerprint density at radius 3 is 2.32 bits per heavy atom. The number of anilines is 2. The van der Waals surface area contributed by atoms with Crippen molar-refractivity contribution in [2.24, 2.45) is 5.92 Å². The Labute approximate surface area is 160 Å². The molecule has 0 aliphatic carbocycles. The van der Waals surface area contributed by atoms with Crippen LogP contribution in [0.5, 0.6) is 0 Å². The number of carbonyl (C=O) groups is 1. The summed E-state index contributed by atoms with van der Waals surface area (Å²) in [5.41, 5.74) is -0.922. The topological polar surface area (TPSA) is 95.7 Å². The monoisotopic (exact) mass is 403 g/mol. The first-order valence-electron chi connectivity index (χ1n) is 8.91. The summed E-state index contributed by atoms with van der Waals surface area (Å²) in [4.78, 5) is 24.5. The van der Waals surface area contributed by atoms with Crippen molar-refractivity contribution >= 4 is 22.8 Å². The normalized spacial score (nSPS) is 16.2. The minimum absolute atomic E-state index is 0.0167. The lowest BCUT2D eigenvalue weighted by Gasteiger charge is -2.35. The van der Waals surface area contributed by atoms with Gasteiger partial charge in [-0.25, -0.2) is 0 Å². The summed E-state index contributed by atoms with van der Waals surface area (Å²) in [7, 11) is 0. The molecule has 7 nitrogen and oxygen atoms in total. The highest BCUT2D eigenvalue weighted by Gasteiger charge is 2.41. The molecule has 0 spiro atoms. The van der Waals surface area contributed by atoms with Gasteiger partial charge in [0.2, 0.25) is 0 Å². The smallest absolute Gasteiger partial charge is 0.389 e. The van der Waals surface area contributed by atoms with E-state index in [0.717, 1.165) is 6.07 Å². The van der Waals surface area contributed by atoms with E-state index in [9.17, 15) is 33.2 Å². The standard InChI is InChI=1S/C18H24F3N3O4/c1-11(25)13-8-16(24(27)28)14(22-10-17(2,3)26)9-15(13)23-6-4-12(5-7-23)18(19,20)21/h8-9,12,22,26H,4-7,10H2,1-3H3. The van der Waals surface area contributed by atoms with Crippen LogP contribution in [-0.2, 0) is 0 Å². The fraction of sp³-hybridized carbons (Fsp3) is 0.611. The van der Waals surface area contributed by atoms with Crippen LogP contribution in [0.15, 0.2) is 12.1 Å². The molecule has 1 saturated heterocycles. The first kappa shape index (κ1) is 21.9. The van der Waals surface area contributed by atoms with E-state index >= 15 is 0 Å². The number of hydrogen-bond acceptors (Lipinski definition) is 6. The van der Waals surface area contributed by atoms with E-state index in [1.165, 1.54) is 26.8 Å². The van der Waals surface area contributed by atoms with Crippen molar-refractivity contribution in [2.45, 2.75) is 45.4 Å². The number of alkyl halides is 3. The van der Waals surface area contributed by atoms with E-state index in [2.05, 4.69) is 5.32 Å². The molecule has 28 heavy (non-hydrogen) atoms. The summed E-state index contributed by atoms with van der Waals surface area (Å²) in [5.74, 6) is -1.81. The van der Waals surface area contributed by atoms with Gasteiger partial charge >= 0.3 is 6.18 Å². The summed E-state index contributed by atoms with van der Waals surface area (Å²) in [6.45, 7) is 4.51. The molecule has 10 heteroatoms. The second kappa shape index (κ2) is 7.94. The highest BCUT2D eigenvalue weighted by molar-refractivity contribution is 6.01. The molecule has 0 saturated carbocycles. The van der Waals surface area contributed by atoms with E-state index in [-0.39, 0.29) is 49.4 Å². The predicted octanol–water partition coefficient (Wildman–Crippen LogP) is 3.76. The molecule has 1 aromatic carbocycles. The van der Waals surface area contributed by atoms with Crippen LogP contribution in [0, 0.1) is 16.0 Å². The van der Waals surface area contributed by atoms with Crippen molar-refractivity contribution in [3.63, 3.8) is 0 Å². The van der Waals surface area contributed by atoms with Crippen LogP contribution in [-0.4, -0.2) is 47.2 Å². The fourth-order valence-electron chi connectivity index (χ4n) is 3.17. The van der Waals surface area contributed by atoms with Gasteiger partial charge in [-0.15, -0.1) is 0 Å². The number of rotatable bonds is 6. The lowest BCUT2D eigenvalue weighted by atomic mass is 9.94. The van der Waals surface area contributed by atoms with Gasteiger partial charge in [-0.3, -0.25) is 14.9 Å². The zero-order valence-electron chi connectivity index (χ0n) is 16.0. The molecule has 0 radical (unpaired) electrons. The van der Waals surface area contributed by atoms with E-state index in [1.54, 1.807) is 4.90 Å². The molecule has 1 aliphatic rings. The highest BCUT2D eigenvalue weighted by atomic mass is 19.4. The summed E-state index contributed by atoms with van der Waals surface area (Å²) >= 11 is 0. The van der Waals surface area contributed by atoms with Crippen molar-refractivity contribution in [2.75, 3.05) is 29.9 Å². The Morgan fingerprint density at radius 2 is 1.89 bits per heavy atom. The predicted molar refractivity (Wildman–Crippen MR) is 98.9 cm³/mol. The molecule has 156 valence electrons. The number of aliphatic hydroxyl groups is 1. The number of carbonyl (C=O) groups excluding carboxylic acids is 1. The first-order chi connectivity index (χ1) is 12.8. The third-order valence-corrected chi connectivity index (χ3v) is 4.70. The number of benzene rings is 1. The maximum absolute atomic E-state index is 12.9. The molecule has 1 aromatic rings. The van der Waals surface area contributed by atoms with Gasteiger partial charge in [0, 0.05) is 31.3 Å². The number of nitrogens with one attached hydrogen (secondary N) is 1. The van der Waals surface area contributed by atoms with Crippen LogP contribution >= 0.6 is 0 Å². The largest absolute Gasteiger partial charge is 0.391 e. The number of hydrogen-bond donors (Lipinski definition) is 2. The number of nitrogens with zero attached hydrogens (tertiary/aromatic N) is 2. The summed E-state index contributed by atoms with van der Waals surface area (Å²) < 4.78 is 38.7. The molecule has 2 N–H and O–H groups in total. The van der Waals surface area contributed by atoms with Crippen LogP contribution in [0.3, 0.4) is 0 Å². The van der Waals surface area contributed by atoms with Gasteiger partial charge in [-0.05, 0) is 39.7 Å². The number of nitro groups is 1. The first-order valence-corrected chi connectivity index (χ1v) is 8.91. The van der Waals surface area contributed by atoms with Crippen LogP contribution in [0.2, 0.25) is 0 Å². The molecule has 1 aliphatic heterocycles. The number of halogens is 3.